The van der Waals surface area contributed by atoms with Crippen LogP contribution in [0.5, 0.6) is 0 Å². The fourth-order valence-electron chi connectivity index (χ4n) is 3.48. The van der Waals surface area contributed by atoms with Gasteiger partial charge < -0.3 is 9.42 Å². The molecule has 0 atom stereocenters. The van der Waals surface area contributed by atoms with Crippen molar-refractivity contribution in [1.29, 1.82) is 0 Å². The molecule has 25 heavy (non-hydrogen) atoms. The van der Waals surface area contributed by atoms with Gasteiger partial charge >= 0.3 is 0 Å². The molecule has 0 spiro atoms. The smallest absolute Gasteiger partial charge is 0.167 e. The molecule has 0 unspecified atom stereocenters. The third kappa shape index (κ3) is 2.98. The van der Waals surface area contributed by atoms with Gasteiger partial charge in [-0.15, -0.1) is 0 Å². The Kier molecular flexibility index (Phi) is 3.63. The summed E-state index contributed by atoms with van der Waals surface area (Å²) < 4.78 is 5.42. The van der Waals surface area contributed by atoms with Gasteiger partial charge in [0.15, 0.2) is 5.58 Å². The van der Waals surface area contributed by atoms with Gasteiger partial charge in [-0.3, -0.25) is 4.90 Å². The molecule has 1 saturated carbocycles. The van der Waals surface area contributed by atoms with Gasteiger partial charge in [-0.05, 0) is 31.0 Å². The fourth-order valence-corrected chi connectivity index (χ4v) is 3.48. The zero-order valence-corrected chi connectivity index (χ0v) is 14.1. The van der Waals surface area contributed by atoms with Crippen LogP contribution in [0, 0.1) is 0 Å². The van der Waals surface area contributed by atoms with Gasteiger partial charge in [-0.25, -0.2) is 9.97 Å². The lowest BCUT2D eigenvalue weighted by atomic mass is 10.2. The van der Waals surface area contributed by atoms with E-state index in [1.54, 1.807) is 0 Å². The number of hydrogen-bond acceptors (Lipinski definition) is 6. The predicted octanol–water partition coefficient (Wildman–Crippen LogP) is 2.82. The first kappa shape index (κ1) is 14.8. The molecule has 2 fully saturated rings. The van der Waals surface area contributed by atoms with Crippen LogP contribution in [0.25, 0.3) is 11.0 Å². The van der Waals surface area contributed by atoms with Crippen molar-refractivity contribution in [3.8, 4) is 0 Å². The van der Waals surface area contributed by atoms with Crippen LogP contribution in [0.3, 0.4) is 0 Å². The van der Waals surface area contributed by atoms with Crippen molar-refractivity contribution in [1.82, 2.24) is 20.0 Å². The summed E-state index contributed by atoms with van der Waals surface area (Å²) in [5.41, 5.74) is 1.90. The van der Waals surface area contributed by atoms with E-state index in [1.807, 2.05) is 30.5 Å². The maximum absolute atomic E-state index is 5.42. The zero-order chi connectivity index (χ0) is 16.6. The predicted molar refractivity (Wildman–Crippen MR) is 95.5 cm³/mol. The highest BCUT2D eigenvalue weighted by molar-refractivity contribution is 5.79. The Morgan fingerprint density at radius 3 is 2.72 bits per heavy atom. The van der Waals surface area contributed by atoms with Gasteiger partial charge in [-0.1, -0.05) is 17.3 Å². The van der Waals surface area contributed by atoms with E-state index in [4.69, 9.17) is 9.51 Å². The second kappa shape index (κ2) is 6.11. The minimum atomic E-state index is 0.599. The highest BCUT2D eigenvalue weighted by atomic mass is 16.5. The number of fused-ring (bicyclic) bond motifs is 1. The summed E-state index contributed by atoms with van der Waals surface area (Å²) >= 11 is 0. The van der Waals surface area contributed by atoms with E-state index < -0.39 is 0 Å². The first-order chi connectivity index (χ1) is 12.4. The molecule has 0 amide bonds. The zero-order valence-electron chi connectivity index (χ0n) is 14.1. The molecule has 1 aromatic carbocycles. The first-order valence-corrected chi connectivity index (χ1v) is 9.00. The molecular weight excluding hydrogens is 314 g/mol. The van der Waals surface area contributed by atoms with E-state index in [9.17, 15) is 0 Å². The number of aromatic nitrogens is 3. The van der Waals surface area contributed by atoms with Crippen LogP contribution in [0.4, 0.5) is 5.82 Å². The standard InChI is InChI=1S/C19H21N5O/c1-2-4-17-15(3-1)16(22-25-17)13-23-9-11-24(12-10-23)18-7-8-20-19(21-18)14-5-6-14/h1-4,7-8,14H,5-6,9-13H2. The molecule has 6 nitrogen and oxygen atoms in total. The summed E-state index contributed by atoms with van der Waals surface area (Å²) in [7, 11) is 0. The summed E-state index contributed by atoms with van der Waals surface area (Å²) in [6.45, 7) is 4.81. The summed E-state index contributed by atoms with van der Waals surface area (Å²) in [5, 5.41) is 5.37. The Labute approximate surface area is 146 Å². The van der Waals surface area contributed by atoms with Gasteiger partial charge in [0.1, 0.15) is 17.3 Å². The highest BCUT2D eigenvalue weighted by Gasteiger charge is 2.27. The van der Waals surface area contributed by atoms with E-state index in [2.05, 4.69) is 26.0 Å². The van der Waals surface area contributed by atoms with Gasteiger partial charge in [0.05, 0.1) is 0 Å². The van der Waals surface area contributed by atoms with Crippen molar-refractivity contribution in [2.75, 3.05) is 31.1 Å². The molecule has 1 aliphatic heterocycles. The van der Waals surface area contributed by atoms with E-state index >= 15 is 0 Å². The Bertz CT molecular complexity index is 880. The van der Waals surface area contributed by atoms with Crippen LogP contribution in [0.15, 0.2) is 41.1 Å². The molecule has 3 heterocycles. The second-order valence-corrected chi connectivity index (χ2v) is 6.94. The third-order valence-electron chi connectivity index (χ3n) is 5.12. The van der Waals surface area contributed by atoms with Crippen LogP contribution >= 0.6 is 0 Å². The number of anilines is 1. The molecule has 2 aliphatic rings. The maximum atomic E-state index is 5.42. The number of piperazine rings is 1. The van der Waals surface area contributed by atoms with Crippen molar-refractivity contribution < 1.29 is 4.52 Å². The molecule has 0 radical (unpaired) electrons. The first-order valence-electron chi connectivity index (χ1n) is 9.00. The van der Waals surface area contributed by atoms with E-state index in [-0.39, 0.29) is 0 Å². The van der Waals surface area contributed by atoms with Gasteiger partial charge in [0, 0.05) is 50.2 Å². The minimum Gasteiger partial charge on any atom is -0.356 e. The average molecular weight is 335 g/mol. The topological polar surface area (TPSA) is 58.3 Å². The van der Waals surface area contributed by atoms with E-state index in [0.717, 1.165) is 61.0 Å². The van der Waals surface area contributed by atoms with Crippen molar-refractivity contribution in [3.63, 3.8) is 0 Å². The van der Waals surface area contributed by atoms with Crippen LogP contribution in [0.2, 0.25) is 0 Å². The lowest BCUT2D eigenvalue weighted by Gasteiger charge is -2.35. The Morgan fingerprint density at radius 2 is 1.88 bits per heavy atom. The summed E-state index contributed by atoms with van der Waals surface area (Å²) in [5.74, 6) is 2.69. The normalized spacial score (nSPS) is 18.8. The highest BCUT2D eigenvalue weighted by Crippen LogP contribution is 2.38. The lowest BCUT2D eigenvalue weighted by molar-refractivity contribution is 0.243. The maximum Gasteiger partial charge on any atom is 0.167 e. The van der Waals surface area contributed by atoms with Gasteiger partial charge in [-0.2, -0.15) is 0 Å². The molecule has 5 rings (SSSR count). The van der Waals surface area contributed by atoms with Crippen molar-refractivity contribution in [2.24, 2.45) is 0 Å². The second-order valence-electron chi connectivity index (χ2n) is 6.94. The third-order valence-corrected chi connectivity index (χ3v) is 5.12. The number of nitrogens with zero attached hydrogens (tertiary/aromatic N) is 5. The molecule has 128 valence electrons. The summed E-state index contributed by atoms with van der Waals surface area (Å²) in [6.07, 6.45) is 4.38. The fraction of sp³-hybridized carbons (Fsp3) is 0.421. The molecule has 1 saturated heterocycles. The van der Waals surface area contributed by atoms with E-state index in [1.165, 1.54) is 12.8 Å². The largest absolute Gasteiger partial charge is 0.356 e. The molecule has 0 N–H and O–H groups in total. The summed E-state index contributed by atoms with van der Waals surface area (Å²) in [4.78, 5) is 14.0. The van der Waals surface area contributed by atoms with Crippen LogP contribution in [-0.2, 0) is 6.54 Å². The lowest BCUT2D eigenvalue weighted by Crippen LogP contribution is -2.46. The number of benzene rings is 1. The quantitative estimate of drug-likeness (QED) is 0.731. The molecule has 1 aliphatic carbocycles. The van der Waals surface area contributed by atoms with Crippen LogP contribution < -0.4 is 4.90 Å². The minimum absolute atomic E-state index is 0.599. The molecular formula is C19H21N5O. The van der Waals surface area contributed by atoms with Gasteiger partial charge in [0.25, 0.3) is 0 Å². The van der Waals surface area contributed by atoms with Crippen molar-refractivity contribution in [2.45, 2.75) is 25.3 Å². The Balaban J connectivity index is 1.24. The van der Waals surface area contributed by atoms with Gasteiger partial charge in [0.2, 0.25) is 0 Å². The average Bonchev–Trinajstić information content (AvgIpc) is 3.45. The van der Waals surface area contributed by atoms with Crippen LogP contribution in [-0.4, -0.2) is 46.2 Å². The number of rotatable bonds is 4. The number of hydrogen-bond donors (Lipinski definition) is 0. The molecule has 0 bridgehead atoms. The Hall–Kier alpha value is -2.47. The van der Waals surface area contributed by atoms with E-state index in [0.29, 0.717) is 5.92 Å². The SMILES string of the molecule is c1ccc2c(CN3CCN(c4ccnc(C5CC5)n4)CC3)noc2c1. The molecule has 3 aromatic rings. The molecule has 2 aromatic heterocycles. The Morgan fingerprint density at radius 1 is 1.04 bits per heavy atom. The monoisotopic (exact) mass is 335 g/mol. The summed E-state index contributed by atoms with van der Waals surface area (Å²) in [6, 6.07) is 10.1. The number of para-hydroxylation sites is 1. The van der Waals surface area contributed by atoms with Crippen molar-refractivity contribution in [3.05, 3.63) is 48.0 Å². The molecule has 6 heteroatoms. The van der Waals surface area contributed by atoms with Crippen LogP contribution in [0.1, 0.15) is 30.3 Å². The van der Waals surface area contributed by atoms with Crippen molar-refractivity contribution >= 4 is 16.8 Å².